The fourth-order valence-corrected chi connectivity index (χ4v) is 3.43. The molecular weight excluding hydrogens is 350 g/mol. The van der Waals surface area contributed by atoms with Crippen molar-refractivity contribution < 1.29 is 14.8 Å². The van der Waals surface area contributed by atoms with E-state index in [0.29, 0.717) is 0 Å². The number of aromatic nitrogens is 4. The summed E-state index contributed by atoms with van der Waals surface area (Å²) in [6, 6.07) is 15.8. The third-order valence-corrected chi connectivity index (χ3v) is 4.80. The van der Waals surface area contributed by atoms with Crippen molar-refractivity contribution in [3.8, 4) is 17.2 Å². The molecule has 2 N–H and O–H groups in total. The molecule has 3 aromatic rings. The summed E-state index contributed by atoms with van der Waals surface area (Å²) in [5, 5.41) is 15.0. The van der Waals surface area contributed by atoms with Crippen LogP contribution in [-0.2, 0) is 6.54 Å². The lowest BCUT2D eigenvalue weighted by Gasteiger charge is -2.11. The molecule has 8 heteroatoms. The SMILES string of the molecule is COc1cccc(C[NH2+]CCSc2nnnn2-c2ccccc2)c1OC. The van der Waals surface area contributed by atoms with E-state index in [2.05, 4.69) is 26.9 Å². The molecule has 0 saturated carbocycles. The predicted octanol–water partition coefficient (Wildman–Crippen LogP) is 1.54. The second kappa shape index (κ2) is 9.21. The maximum Gasteiger partial charge on any atom is 0.214 e. The summed E-state index contributed by atoms with van der Waals surface area (Å²) < 4.78 is 12.6. The number of nitrogens with two attached hydrogens (primary N) is 1. The molecule has 0 spiro atoms. The zero-order chi connectivity index (χ0) is 18.2. The normalized spacial score (nSPS) is 10.7. The van der Waals surface area contributed by atoms with Gasteiger partial charge in [0.2, 0.25) is 5.16 Å². The fraction of sp³-hybridized carbons (Fsp3) is 0.278. The molecule has 26 heavy (non-hydrogen) atoms. The standard InChI is InChI=1S/C18H21N5O2S/c1-24-16-10-6-7-14(17(16)25-2)13-19-11-12-26-18-20-21-22-23(18)15-8-4-3-5-9-15/h3-10,19H,11-13H2,1-2H3/p+1. The zero-order valence-electron chi connectivity index (χ0n) is 14.8. The maximum absolute atomic E-state index is 5.47. The average Bonchev–Trinajstić information content (AvgIpc) is 3.16. The number of quaternary nitrogens is 1. The highest BCUT2D eigenvalue weighted by atomic mass is 32.2. The molecule has 1 aromatic heterocycles. The lowest BCUT2D eigenvalue weighted by Crippen LogP contribution is -2.83. The molecule has 0 aliphatic rings. The van der Waals surface area contributed by atoms with Crippen molar-refractivity contribution in [3.63, 3.8) is 0 Å². The number of methoxy groups -OCH3 is 2. The molecule has 2 aromatic carbocycles. The molecule has 1 heterocycles. The van der Waals surface area contributed by atoms with Crippen molar-refractivity contribution in [3.05, 3.63) is 54.1 Å². The van der Waals surface area contributed by atoms with Gasteiger partial charge in [-0.25, -0.2) is 0 Å². The third-order valence-electron chi connectivity index (χ3n) is 3.84. The van der Waals surface area contributed by atoms with Gasteiger partial charge < -0.3 is 14.8 Å². The monoisotopic (exact) mass is 372 g/mol. The van der Waals surface area contributed by atoms with Gasteiger partial charge in [0.1, 0.15) is 6.54 Å². The topological polar surface area (TPSA) is 78.7 Å². The number of thioether (sulfide) groups is 1. The smallest absolute Gasteiger partial charge is 0.214 e. The van der Waals surface area contributed by atoms with Crippen LogP contribution in [0.5, 0.6) is 11.5 Å². The molecule has 0 atom stereocenters. The van der Waals surface area contributed by atoms with E-state index in [9.17, 15) is 0 Å². The van der Waals surface area contributed by atoms with Crippen LogP contribution in [0.1, 0.15) is 5.56 Å². The number of tetrazole rings is 1. The summed E-state index contributed by atoms with van der Waals surface area (Å²) in [6.45, 7) is 1.76. The second-order valence-electron chi connectivity index (χ2n) is 5.49. The Labute approximate surface area is 156 Å². The number of para-hydroxylation sites is 2. The van der Waals surface area contributed by atoms with Crippen LogP contribution in [0.3, 0.4) is 0 Å². The minimum Gasteiger partial charge on any atom is -0.493 e. The summed E-state index contributed by atoms with van der Waals surface area (Å²) >= 11 is 1.64. The first-order valence-electron chi connectivity index (χ1n) is 8.31. The van der Waals surface area contributed by atoms with Crippen LogP contribution in [0.25, 0.3) is 5.69 Å². The number of nitrogens with zero attached hydrogens (tertiary/aromatic N) is 4. The molecule has 136 valence electrons. The summed E-state index contributed by atoms with van der Waals surface area (Å²) in [5.41, 5.74) is 2.08. The minimum atomic E-state index is 0.759. The molecule has 0 amide bonds. The highest BCUT2D eigenvalue weighted by Gasteiger charge is 2.11. The minimum absolute atomic E-state index is 0.759. The van der Waals surface area contributed by atoms with E-state index in [1.165, 1.54) is 0 Å². The molecule has 0 aliphatic carbocycles. The van der Waals surface area contributed by atoms with Crippen molar-refractivity contribution in [1.82, 2.24) is 20.2 Å². The summed E-state index contributed by atoms with van der Waals surface area (Å²) in [6.07, 6.45) is 0. The van der Waals surface area contributed by atoms with Crippen molar-refractivity contribution in [2.75, 3.05) is 26.5 Å². The molecular formula is C18H22N5O2S+. The van der Waals surface area contributed by atoms with Gasteiger partial charge in [0.05, 0.1) is 37.8 Å². The van der Waals surface area contributed by atoms with E-state index in [4.69, 9.17) is 9.47 Å². The van der Waals surface area contributed by atoms with Crippen LogP contribution in [-0.4, -0.2) is 46.7 Å². The lowest BCUT2D eigenvalue weighted by atomic mass is 10.2. The summed E-state index contributed by atoms with van der Waals surface area (Å²) in [5.74, 6) is 2.46. The van der Waals surface area contributed by atoms with Crippen LogP contribution in [0.4, 0.5) is 0 Å². The molecule has 0 aliphatic heterocycles. The van der Waals surface area contributed by atoms with Gasteiger partial charge in [0.25, 0.3) is 0 Å². The van der Waals surface area contributed by atoms with Crippen LogP contribution < -0.4 is 14.8 Å². The molecule has 0 bridgehead atoms. The first-order chi connectivity index (χ1) is 12.8. The third kappa shape index (κ3) is 4.33. The molecule has 7 nitrogen and oxygen atoms in total. The average molecular weight is 372 g/mol. The molecule has 0 fully saturated rings. The Balaban J connectivity index is 1.51. The number of rotatable bonds is 9. The molecule has 0 unspecified atom stereocenters. The fourth-order valence-electron chi connectivity index (χ4n) is 2.61. The van der Waals surface area contributed by atoms with Crippen LogP contribution in [0.15, 0.2) is 53.7 Å². The number of benzene rings is 2. The van der Waals surface area contributed by atoms with Crippen molar-refractivity contribution >= 4 is 11.8 Å². The Hall–Kier alpha value is -2.58. The van der Waals surface area contributed by atoms with Gasteiger partial charge >= 0.3 is 0 Å². The van der Waals surface area contributed by atoms with Gasteiger partial charge in [0, 0.05) is 0 Å². The van der Waals surface area contributed by atoms with Crippen molar-refractivity contribution in [2.45, 2.75) is 11.7 Å². The van der Waals surface area contributed by atoms with Crippen LogP contribution in [0, 0.1) is 0 Å². The Morgan fingerprint density at radius 3 is 2.65 bits per heavy atom. The van der Waals surface area contributed by atoms with Gasteiger partial charge in [-0.05, 0) is 34.7 Å². The van der Waals surface area contributed by atoms with Gasteiger partial charge in [-0.3, -0.25) is 0 Å². The number of hydrogen-bond donors (Lipinski definition) is 1. The predicted molar refractivity (Wildman–Crippen MR) is 99.9 cm³/mol. The quantitative estimate of drug-likeness (QED) is 0.453. The number of hydrogen-bond acceptors (Lipinski definition) is 6. The zero-order valence-corrected chi connectivity index (χ0v) is 15.6. The van der Waals surface area contributed by atoms with Crippen LogP contribution in [0.2, 0.25) is 0 Å². The van der Waals surface area contributed by atoms with E-state index < -0.39 is 0 Å². The largest absolute Gasteiger partial charge is 0.493 e. The van der Waals surface area contributed by atoms with Crippen molar-refractivity contribution in [2.24, 2.45) is 0 Å². The highest BCUT2D eigenvalue weighted by Crippen LogP contribution is 2.29. The number of ether oxygens (including phenoxy) is 2. The highest BCUT2D eigenvalue weighted by molar-refractivity contribution is 7.99. The molecule has 0 radical (unpaired) electrons. The second-order valence-corrected chi connectivity index (χ2v) is 6.55. The van der Waals surface area contributed by atoms with Crippen molar-refractivity contribution in [1.29, 1.82) is 0 Å². The van der Waals surface area contributed by atoms with E-state index >= 15 is 0 Å². The lowest BCUT2D eigenvalue weighted by molar-refractivity contribution is -0.666. The van der Waals surface area contributed by atoms with Gasteiger partial charge in [-0.1, -0.05) is 36.0 Å². The first-order valence-corrected chi connectivity index (χ1v) is 9.30. The van der Waals surface area contributed by atoms with E-state index in [-0.39, 0.29) is 0 Å². The Kier molecular flexibility index (Phi) is 6.45. The Morgan fingerprint density at radius 2 is 1.88 bits per heavy atom. The summed E-state index contributed by atoms with van der Waals surface area (Å²) in [7, 11) is 3.32. The van der Waals surface area contributed by atoms with E-state index in [1.807, 2.05) is 42.5 Å². The molecule has 3 rings (SSSR count). The maximum atomic E-state index is 5.47. The Morgan fingerprint density at radius 1 is 1.04 bits per heavy atom. The van der Waals surface area contributed by atoms with Crippen LogP contribution >= 0.6 is 11.8 Å². The Bertz CT molecular complexity index is 825. The van der Waals surface area contributed by atoms with Gasteiger partial charge in [0.15, 0.2) is 11.5 Å². The van der Waals surface area contributed by atoms with Gasteiger partial charge in [-0.2, -0.15) is 4.68 Å². The van der Waals surface area contributed by atoms with E-state index in [1.54, 1.807) is 30.7 Å². The van der Waals surface area contributed by atoms with Gasteiger partial charge in [-0.15, -0.1) is 5.10 Å². The first kappa shape index (κ1) is 18.2. The molecule has 0 saturated heterocycles. The summed E-state index contributed by atoms with van der Waals surface area (Å²) in [4.78, 5) is 0. The van der Waals surface area contributed by atoms with E-state index in [0.717, 1.165) is 46.7 Å².